The van der Waals surface area contributed by atoms with E-state index in [-0.39, 0.29) is 6.04 Å². The third-order valence-electron chi connectivity index (χ3n) is 3.72. The third kappa shape index (κ3) is 4.73. The highest BCUT2D eigenvalue weighted by Crippen LogP contribution is 2.27. The van der Waals surface area contributed by atoms with Crippen LogP contribution in [-0.4, -0.2) is 25.8 Å². The Morgan fingerprint density at radius 2 is 2.21 bits per heavy atom. The summed E-state index contributed by atoms with van der Waals surface area (Å²) in [6.45, 7) is 1.95. The molecule has 1 aliphatic carbocycles. The molecule has 0 saturated heterocycles. The molecule has 19 heavy (non-hydrogen) atoms. The van der Waals surface area contributed by atoms with E-state index >= 15 is 0 Å². The fourth-order valence-electron chi connectivity index (χ4n) is 2.56. The van der Waals surface area contributed by atoms with E-state index in [1.165, 1.54) is 32.1 Å². The Balaban J connectivity index is 1.84. The van der Waals surface area contributed by atoms with Gasteiger partial charge >= 0.3 is 0 Å². The molecule has 0 aliphatic heterocycles. The van der Waals surface area contributed by atoms with Gasteiger partial charge < -0.3 is 5.73 Å². The van der Waals surface area contributed by atoms with Gasteiger partial charge in [0.1, 0.15) is 0 Å². The average Bonchev–Trinajstić information content (AvgIpc) is 2.86. The van der Waals surface area contributed by atoms with Crippen molar-refractivity contribution in [3.63, 3.8) is 0 Å². The van der Waals surface area contributed by atoms with Gasteiger partial charge in [-0.3, -0.25) is 8.89 Å². The summed E-state index contributed by atoms with van der Waals surface area (Å²) in [6.07, 6.45) is 9.29. The maximum Gasteiger partial charge on any atom is 0.0749 e. The molecule has 1 fully saturated rings. The molecule has 0 radical (unpaired) electrons. The monoisotopic (exact) mass is 283 g/mol. The van der Waals surface area contributed by atoms with Gasteiger partial charge in [0.15, 0.2) is 0 Å². The number of hydrogen-bond donors (Lipinski definition) is 1. The fourth-order valence-corrected chi connectivity index (χ4v) is 3.82. The molecule has 2 atom stereocenters. The average molecular weight is 283 g/mol. The van der Waals surface area contributed by atoms with E-state index in [0.29, 0.717) is 17.5 Å². The minimum atomic E-state index is -0.839. The highest BCUT2D eigenvalue weighted by molar-refractivity contribution is 7.84. The van der Waals surface area contributed by atoms with Gasteiger partial charge in [0.05, 0.1) is 17.5 Å². The van der Waals surface area contributed by atoms with Crippen LogP contribution in [-0.2, 0) is 16.6 Å². The van der Waals surface area contributed by atoms with Crippen LogP contribution in [0, 0.1) is 0 Å². The molecular weight excluding hydrogens is 258 g/mol. The van der Waals surface area contributed by atoms with Crippen molar-refractivity contribution in [3.8, 4) is 0 Å². The number of nitrogens with zero attached hydrogens (tertiary/aromatic N) is 2. The van der Waals surface area contributed by atoms with Gasteiger partial charge in [0.25, 0.3) is 0 Å². The number of rotatable bonds is 6. The van der Waals surface area contributed by atoms with Crippen molar-refractivity contribution in [2.24, 2.45) is 5.73 Å². The quantitative estimate of drug-likeness (QED) is 0.872. The first kappa shape index (κ1) is 14.7. The van der Waals surface area contributed by atoms with E-state index in [9.17, 15) is 4.21 Å². The van der Waals surface area contributed by atoms with Gasteiger partial charge in [0, 0.05) is 28.8 Å². The molecule has 5 heteroatoms. The Labute approximate surface area is 118 Å². The Bertz CT molecular complexity index is 411. The molecule has 1 aliphatic rings. The highest BCUT2D eigenvalue weighted by Gasteiger charge is 2.16. The van der Waals surface area contributed by atoms with Crippen LogP contribution in [0.1, 0.15) is 57.2 Å². The van der Waals surface area contributed by atoms with E-state index in [1.54, 1.807) is 0 Å². The van der Waals surface area contributed by atoms with Crippen LogP contribution < -0.4 is 5.73 Å². The lowest BCUT2D eigenvalue weighted by atomic mass is 9.96. The predicted molar refractivity (Wildman–Crippen MR) is 79.3 cm³/mol. The van der Waals surface area contributed by atoms with Gasteiger partial charge in [0.2, 0.25) is 0 Å². The largest absolute Gasteiger partial charge is 0.328 e. The third-order valence-corrected chi connectivity index (χ3v) is 5.03. The Morgan fingerprint density at radius 1 is 1.47 bits per heavy atom. The topological polar surface area (TPSA) is 60.9 Å². The molecule has 1 aromatic heterocycles. The molecule has 0 amide bonds. The summed E-state index contributed by atoms with van der Waals surface area (Å²) in [7, 11) is -0.839. The van der Waals surface area contributed by atoms with Gasteiger partial charge in [-0.2, -0.15) is 5.10 Å². The van der Waals surface area contributed by atoms with Gasteiger partial charge in [-0.25, -0.2) is 0 Å². The van der Waals surface area contributed by atoms with Gasteiger partial charge in [-0.05, 0) is 32.3 Å². The summed E-state index contributed by atoms with van der Waals surface area (Å²) in [5.74, 6) is 1.24. The van der Waals surface area contributed by atoms with E-state index in [2.05, 4.69) is 9.78 Å². The SMILES string of the molecule is CC(N)CCS(=O)Cc1ccn(C2CCCCC2)n1. The highest BCUT2D eigenvalue weighted by atomic mass is 32.2. The first-order valence-electron chi connectivity index (χ1n) is 7.30. The first-order valence-corrected chi connectivity index (χ1v) is 8.78. The molecule has 2 rings (SSSR count). The zero-order valence-corrected chi connectivity index (χ0v) is 12.6. The molecule has 0 spiro atoms. The molecule has 4 nitrogen and oxygen atoms in total. The van der Waals surface area contributed by atoms with Crippen LogP contribution in [0.5, 0.6) is 0 Å². The second-order valence-electron chi connectivity index (χ2n) is 5.63. The van der Waals surface area contributed by atoms with E-state index < -0.39 is 10.8 Å². The van der Waals surface area contributed by atoms with Crippen LogP contribution in [0.4, 0.5) is 0 Å². The van der Waals surface area contributed by atoms with Crippen LogP contribution in [0.25, 0.3) is 0 Å². The Hall–Kier alpha value is -0.680. The van der Waals surface area contributed by atoms with Crippen molar-refractivity contribution in [2.45, 2.75) is 63.3 Å². The van der Waals surface area contributed by atoms with E-state index in [4.69, 9.17) is 5.73 Å². The molecule has 2 unspecified atom stereocenters. The number of hydrogen-bond acceptors (Lipinski definition) is 3. The second kappa shape index (κ2) is 7.20. The van der Waals surface area contributed by atoms with Crippen molar-refractivity contribution in [1.82, 2.24) is 9.78 Å². The fraction of sp³-hybridized carbons (Fsp3) is 0.786. The predicted octanol–water partition coefficient (Wildman–Crippen LogP) is 2.37. The zero-order valence-electron chi connectivity index (χ0n) is 11.8. The Morgan fingerprint density at radius 3 is 2.89 bits per heavy atom. The summed E-state index contributed by atoms with van der Waals surface area (Å²) < 4.78 is 14.0. The minimum absolute atomic E-state index is 0.128. The summed E-state index contributed by atoms with van der Waals surface area (Å²) in [6, 6.07) is 2.70. The summed E-state index contributed by atoms with van der Waals surface area (Å²) in [4.78, 5) is 0. The van der Waals surface area contributed by atoms with Gasteiger partial charge in [-0.1, -0.05) is 19.3 Å². The first-order chi connectivity index (χ1) is 9.15. The molecule has 108 valence electrons. The summed E-state index contributed by atoms with van der Waals surface area (Å²) in [5, 5.41) is 4.59. The normalized spacial score (nSPS) is 20.3. The van der Waals surface area contributed by atoms with Crippen molar-refractivity contribution in [2.75, 3.05) is 5.75 Å². The van der Waals surface area contributed by atoms with Crippen LogP contribution in [0.3, 0.4) is 0 Å². The van der Waals surface area contributed by atoms with E-state index in [1.807, 2.05) is 19.2 Å². The molecule has 1 aromatic rings. The van der Waals surface area contributed by atoms with Crippen molar-refractivity contribution in [1.29, 1.82) is 0 Å². The van der Waals surface area contributed by atoms with Crippen LogP contribution in [0.15, 0.2) is 12.3 Å². The van der Waals surface area contributed by atoms with Gasteiger partial charge in [-0.15, -0.1) is 0 Å². The number of nitrogens with two attached hydrogens (primary N) is 1. The standard InChI is InChI=1S/C14H25N3OS/c1-12(15)8-10-19(18)11-13-7-9-17(16-13)14-5-3-2-4-6-14/h7,9,12,14H,2-6,8,10-11,15H2,1H3. The molecule has 1 heterocycles. The zero-order chi connectivity index (χ0) is 13.7. The molecule has 0 aromatic carbocycles. The Kier molecular flexibility index (Phi) is 5.58. The molecule has 0 bridgehead atoms. The van der Waals surface area contributed by atoms with Crippen LogP contribution >= 0.6 is 0 Å². The van der Waals surface area contributed by atoms with E-state index in [0.717, 1.165) is 12.1 Å². The van der Waals surface area contributed by atoms with Crippen molar-refractivity contribution >= 4 is 10.8 Å². The smallest absolute Gasteiger partial charge is 0.0749 e. The molecular formula is C14H25N3OS. The second-order valence-corrected chi connectivity index (χ2v) is 7.21. The molecule has 2 N–H and O–H groups in total. The maximum atomic E-state index is 11.9. The van der Waals surface area contributed by atoms with Crippen molar-refractivity contribution in [3.05, 3.63) is 18.0 Å². The minimum Gasteiger partial charge on any atom is -0.328 e. The summed E-state index contributed by atoms with van der Waals surface area (Å²) in [5.41, 5.74) is 6.63. The molecule has 1 saturated carbocycles. The maximum absolute atomic E-state index is 11.9. The lowest BCUT2D eigenvalue weighted by Gasteiger charge is -2.21. The lowest BCUT2D eigenvalue weighted by Crippen LogP contribution is -2.18. The lowest BCUT2D eigenvalue weighted by molar-refractivity contribution is 0.328. The number of aromatic nitrogens is 2. The summed E-state index contributed by atoms with van der Waals surface area (Å²) >= 11 is 0. The van der Waals surface area contributed by atoms with Crippen molar-refractivity contribution < 1.29 is 4.21 Å². The van der Waals surface area contributed by atoms with Crippen LogP contribution in [0.2, 0.25) is 0 Å².